The van der Waals surface area contributed by atoms with E-state index in [1.807, 2.05) is 12.1 Å². The summed E-state index contributed by atoms with van der Waals surface area (Å²) in [4.78, 5) is 18.7. The molecule has 4 heteroatoms. The fourth-order valence-electron chi connectivity index (χ4n) is 1.84. The predicted octanol–water partition coefficient (Wildman–Crippen LogP) is 2.19. The van der Waals surface area contributed by atoms with Crippen LogP contribution in [0, 0.1) is 0 Å². The predicted molar refractivity (Wildman–Crippen MR) is 76.9 cm³/mol. The van der Waals surface area contributed by atoms with E-state index in [9.17, 15) is 4.79 Å². The van der Waals surface area contributed by atoms with Gasteiger partial charge in [-0.1, -0.05) is 45.0 Å². The van der Waals surface area contributed by atoms with Gasteiger partial charge >= 0.3 is 0 Å². The number of hydrogen-bond acceptors (Lipinski definition) is 3. The minimum Gasteiger partial charge on any atom is -0.326 e. The molecule has 0 amide bonds. The second-order valence-electron chi connectivity index (χ2n) is 5.62. The molecule has 100 valence electrons. The number of nitrogens with two attached hydrogens (primary N) is 1. The standard InChI is InChI=1S/C15H19N3O/c1-15(2,3)12-6-4-10(5-7-12)13-17-9-11(8-16)14(19)18-13/h4-7,9H,8,16H2,1-3H3,(H,17,18,19). The van der Waals surface area contributed by atoms with E-state index in [1.54, 1.807) is 0 Å². The molecule has 2 aromatic rings. The molecule has 1 aromatic carbocycles. The van der Waals surface area contributed by atoms with Crippen LogP contribution in [-0.4, -0.2) is 9.97 Å². The van der Waals surface area contributed by atoms with Crippen molar-refractivity contribution in [3.63, 3.8) is 0 Å². The van der Waals surface area contributed by atoms with Crippen molar-refractivity contribution in [1.29, 1.82) is 0 Å². The third kappa shape index (κ3) is 2.90. The maximum Gasteiger partial charge on any atom is 0.255 e. The number of aromatic nitrogens is 2. The molecular formula is C15H19N3O. The van der Waals surface area contributed by atoms with Gasteiger partial charge < -0.3 is 10.7 Å². The Labute approximate surface area is 112 Å². The van der Waals surface area contributed by atoms with Crippen LogP contribution < -0.4 is 11.3 Å². The maximum absolute atomic E-state index is 11.7. The largest absolute Gasteiger partial charge is 0.326 e. The number of H-pyrrole nitrogens is 1. The average Bonchev–Trinajstić information content (AvgIpc) is 2.38. The van der Waals surface area contributed by atoms with Crippen molar-refractivity contribution in [3.8, 4) is 11.4 Å². The summed E-state index contributed by atoms with van der Waals surface area (Å²) in [7, 11) is 0. The summed E-state index contributed by atoms with van der Waals surface area (Å²) in [5, 5.41) is 0. The third-order valence-corrected chi connectivity index (χ3v) is 3.12. The van der Waals surface area contributed by atoms with Crippen molar-refractivity contribution < 1.29 is 0 Å². The van der Waals surface area contributed by atoms with Crippen molar-refractivity contribution >= 4 is 0 Å². The van der Waals surface area contributed by atoms with Gasteiger partial charge in [0.2, 0.25) is 0 Å². The summed E-state index contributed by atoms with van der Waals surface area (Å²) in [6.45, 7) is 6.69. The summed E-state index contributed by atoms with van der Waals surface area (Å²) in [5.74, 6) is 0.572. The van der Waals surface area contributed by atoms with E-state index in [1.165, 1.54) is 11.8 Å². The van der Waals surface area contributed by atoms with E-state index in [4.69, 9.17) is 5.73 Å². The molecule has 1 heterocycles. The van der Waals surface area contributed by atoms with E-state index >= 15 is 0 Å². The van der Waals surface area contributed by atoms with Crippen molar-refractivity contribution in [1.82, 2.24) is 9.97 Å². The Morgan fingerprint density at radius 3 is 2.32 bits per heavy atom. The van der Waals surface area contributed by atoms with Gasteiger partial charge in [0.1, 0.15) is 5.82 Å². The zero-order valence-corrected chi connectivity index (χ0v) is 11.5. The van der Waals surface area contributed by atoms with E-state index in [0.717, 1.165) is 5.56 Å². The third-order valence-electron chi connectivity index (χ3n) is 3.12. The number of benzene rings is 1. The zero-order chi connectivity index (χ0) is 14.0. The summed E-state index contributed by atoms with van der Waals surface area (Å²) < 4.78 is 0. The summed E-state index contributed by atoms with van der Waals surface area (Å²) in [5.41, 5.74) is 8.03. The van der Waals surface area contributed by atoms with Crippen molar-refractivity contribution in [3.05, 3.63) is 51.9 Å². The van der Waals surface area contributed by atoms with Crippen LogP contribution in [0.2, 0.25) is 0 Å². The first kappa shape index (κ1) is 13.5. The highest BCUT2D eigenvalue weighted by Crippen LogP contribution is 2.24. The van der Waals surface area contributed by atoms with Crippen LogP contribution in [0.1, 0.15) is 31.9 Å². The molecule has 2 rings (SSSR count). The summed E-state index contributed by atoms with van der Waals surface area (Å²) in [6.07, 6.45) is 1.53. The van der Waals surface area contributed by atoms with Gasteiger partial charge in [0.25, 0.3) is 5.56 Å². The molecule has 0 saturated carbocycles. The lowest BCUT2D eigenvalue weighted by molar-refractivity contribution is 0.590. The molecule has 4 nitrogen and oxygen atoms in total. The molecule has 0 aliphatic heterocycles. The van der Waals surface area contributed by atoms with Gasteiger partial charge in [-0.05, 0) is 11.0 Å². The molecule has 0 aliphatic rings. The van der Waals surface area contributed by atoms with Gasteiger partial charge in [-0.2, -0.15) is 0 Å². The van der Waals surface area contributed by atoms with Crippen molar-refractivity contribution in [2.24, 2.45) is 5.73 Å². The van der Waals surface area contributed by atoms with Crippen LogP contribution >= 0.6 is 0 Å². The fraction of sp³-hybridized carbons (Fsp3) is 0.333. The van der Waals surface area contributed by atoms with Crippen LogP contribution in [0.4, 0.5) is 0 Å². The van der Waals surface area contributed by atoms with Gasteiger partial charge in [0.05, 0.1) is 0 Å². The Balaban J connectivity index is 2.38. The average molecular weight is 257 g/mol. The molecule has 0 aliphatic carbocycles. The smallest absolute Gasteiger partial charge is 0.255 e. The molecule has 0 fully saturated rings. The maximum atomic E-state index is 11.7. The number of rotatable bonds is 2. The molecule has 19 heavy (non-hydrogen) atoms. The lowest BCUT2D eigenvalue weighted by atomic mass is 9.87. The minimum absolute atomic E-state index is 0.114. The Morgan fingerprint density at radius 2 is 1.84 bits per heavy atom. The number of aromatic amines is 1. The quantitative estimate of drug-likeness (QED) is 0.866. The molecule has 0 spiro atoms. The Hall–Kier alpha value is -1.94. The Bertz CT molecular complexity index is 621. The van der Waals surface area contributed by atoms with Gasteiger partial charge in [-0.15, -0.1) is 0 Å². The minimum atomic E-state index is -0.174. The van der Waals surface area contributed by atoms with Gasteiger partial charge in [-0.3, -0.25) is 4.79 Å². The lowest BCUT2D eigenvalue weighted by Gasteiger charge is -2.19. The lowest BCUT2D eigenvalue weighted by Crippen LogP contribution is -2.17. The van der Waals surface area contributed by atoms with Crippen molar-refractivity contribution in [2.75, 3.05) is 0 Å². The molecule has 0 bridgehead atoms. The molecule has 3 N–H and O–H groups in total. The Kier molecular flexibility index (Phi) is 3.53. The summed E-state index contributed by atoms with van der Waals surface area (Å²) >= 11 is 0. The second-order valence-corrected chi connectivity index (χ2v) is 5.62. The highest BCUT2D eigenvalue weighted by molar-refractivity contribution is 5.55. The second kappa shape index (κ2) is 4.97. The van der Waals surface area contributed by atoms with Crippen LogP contribution in [-0.2, 0) is 12.0 Å². The van der Waals surface area contributed by atoms with Crippen LogP contribution in [0.25, 0.3) is 11.4 Å². The number of nitrogens with zero attached hydrogens (tertiary/aromatic N) is 1. The van der Waals surface area contributed by atoms with E-state index < -0.39 is 0 Å². The normalized spacial score (nSPS) is 11.6. The monoisotopic (exact) mass is 257 g/mol. The van der Waals surface area contributed by atoms with Gasteiger partial charge in [0, 0.05) is 23.9 Å². The molecule has 0 atom stereocenters. The molecule has 0 radical (unpaired) electrons. The summed E-state index contributed by atoms with van der Waals surface area (Å²) in [6, 6.07) is 8.07. The molecular weight excluding hydrogens is 238 g/mol. The highest BCUT2D eigenvalue weighted by atomic mass is 16.1. The van der Waals surface area contributed by atoms with Crippen LogP contribution in [0.15, 0.2) is 35.3 Å². The van der Waals surface area contributed by atoms with Gasteiger partial charge in [0.15, 0.2) is 0 Å². The van der Waals surface area contributed by atoms with Gasteiger partial charge in [-0.25, -0.2) is 4.98 Å². The molecule has 0 saturated heterocycles. The highest BCUT2D eigenvalue weighted by Gasteiger charge is 2.13. The molecule has 0 unspecified atom stereocenters. The van der Waals surface area contributed by atoms with Crippen molar-refractivity contribution in [2.45, 2.75) is 32.7 Å². The fourth-order valence-corrected chi connectivity index (χ4v) is 1.84. The van der Waals surface area contributed by atoms with E-state index in [-0.39, 0.29) is 17.5 Å². The topological polar surface area (TPSA) is 71.8 Å². The van der Waals surface area contributed by atoms with Crippen LogP contribution in [0.3, 0.4) is 0 Å². The first-order valence-electron chi connectivity index (χ1n) is 6.31. The molecule has 1 aromatic heterocycles. The Morgan fingerprint density at radius 1 is 1.21 bits per heavy atom. The van der Waals surface area contributed by atoms with Crippen LogP contribution in [0.5, 0.6) is 0 Å². The number of nitrogens with one attached hydrogen (secondary N) is 1. The van der Waals surface area contributed by atoms with E-state index in [0.29, 0.717) is 11.4 Å². The first-order valence-corrected chi connectivity index (χ1v) is 6.31. The first-order chi connectivity index (χ1) is 8.91. The SMILES string of the molecule is CC(C)(C)c1ccc(-c2ncc(CN)c(=O)[nH]2)cc1. The zero-order valence-electron chi connectivity index (χ0n) is 11.5. The number of hydrogen-bond donors (Lipinski definition) is 2. The van der Waals surface area contributed by atoms with E-state index in [2.05, 4.69) is 42.9 Å².